The van der Waals surface area contributed by atoms with E-state index in [1.165, 1.54) is 0 Å². The summed E-state index contributed by atoms with van der Waals surface area (Å²) < 4.78 is 1.16. The van der Waals surface area contributed by atoms with Gasteiger partial charge in [0.2, 0.25) is 5.91 Å². The third-order valence-corrected chi connectivity index (χ3v) is 4.40. The Labute approximate surface area is 129 Å². The zero-order chi connectivity index (χ0) is 15.2. The van der Waals surface area contributed by atoms with Crippen LogP contribution < -0.4 is 0 Å². The van der Waals surface area contributed by atoms with Crippen molar-refractivity contribution in [2.24, 2.45) is 0 Å². The number of para-hydroxylation sites is 1. The molecule has 0 aliphatic rings. The van der Waals surface area contributed by atoms with Crippen molar-refractivity contribution in [3.8, 4) is 6.07 Å². The number of nitriles is 1. The topological polar surface area (TPSA) is 57.0 Å². The molecule has 1 aromatic heterocycles. The molecule has 5 heteroatoms. The summed E-state index contributed by atoms with van der Waals surface area (Å²) in [5, 5.41) is 9.66. The van der Waals surface area contributed by atoms with Crippen LogP contribution in [-0.4, -0.2) is 28.4 Å². The van der Waals surface area contributed by atoms with Gasteiger partial charge in [-0.05, 0) is 26.0 Å². The van der Waals surface area contributed by atoms with E-state index in [2.05, 4.69) is 11.1 Å². The molecule has 0 bridgehead atoms. The highest BCUT2D eigenvalue weighted by molar-refractivity contribution is 7.18. The van der Waals surface area contributed by atoms with Crippen LogP contribution in [-0.2, 0) is 11.2 Å². The minimum absolute atomic E-state index is 0.0968. The fourth-order valence-electron chi connectivity index (χ4n) is 2.23. The minimum Gasteiger partial charge on any atom is -0.339 e. The number of aromatic nitrogens is 1. The molecule has 0 saturated carbocycles. The number of rotatable bonds is 6. The second kappa shape index (κ2) is 7.19. The number of aryl methyl sites for hydroxylation is 1. The van der Waals surface area contributed by atoms with Crippen molar-refractivity contribution >= 4 is 27.5 Å². The summed E-state index contributed by atoms with van der Waals surface area (Å²) in [6.07, 6.45) is 1.49. The number of thiazole rings is 1. The van der Waals surface area contributed by atoms with Crippen molar-refractivity contribution in [2.45, 2.75) is 39.2 Å². The van der Waals surface area contributed by atoms with Gasteiger partial charge in [0, 0.05) is 25.4 Å². The summed E-state index contributed by atoms with van der Waals surface area (Å²) in [5.41, 5.74) is 0.996. The average Bonchev–Trinajstić information content (AvgIpc) is 2.88. The lowest BCUT2D eigenvalue weighted by Crippen LogP contribution is -2.37. The summed E-state index contributed by atoms with van der Waals surface area (Å²) in [7, 11) is 0. The quantitative estimate of drug-likeness (QED) is 0.822. The lowest BCUT2D eigenvalue weighted by Gasteiger charge is -2.25. The molecule has 0 radical (unpaired) electrons. The number of amides is 1. The molecule has 21 heavy (non-hydrogen) atoms. The number of carbonyl (C=O) groups is 1. The SMILES string of the molecule is CC(C)N(CCC#N)C(=O)CCc1nc2ccccc2s1. The maximum absolute atomic E-state index is 12.3. The van der Waals surface area contributed by atoms with E-state index in [0.29, 0.717) is 25.8 Å². The molecule has 0 saturated heterocycles. The number of fused-ring (bicyclic) bond motifs is 1. The molecule has 0 N–H and O–H groups in total. The zero-order valence-electron chi connectivity index (χ0n) is 12.4. The van der Waals surface area contributed by atoms with Crippen molar-refractivity contribution in [2.75, 3.05) is 6.54 Å². The van der Waals surface area contributed by atoms with Crippen LogP contribution in [0, 0.1) is 11.3 Å². The summed E-state index contributed by atoms with van der Waals surface area (Å²) in [6, 6.07) is 10.2. The van der Waals surface area contributed by atoms with E-state index in [-0.39, 0.29) is 11.9 Å². The maximum atomic E-state index is 12.3. The Morgan fingerprint density at radius 3 is 2.86 bits per heavy atom. The highest BCUT2D eigenvalue weighted by atomic mass is 32.1. The highest BCUT2D eigenvalue weighted by Crippen LogP contribution is 2.22. The third kappa shape index (κ3) is 4.02. The third-order valence-electron chi connectivity index (χ3n) is 3.30. The largest absolute Gasteiger partial charge is 0.339 e. The molecule has 0 atom stereocenters. The summed E-state index contributed by atoms with van der Waals surface area (Å²) in [4.78, 5) is 18.6. The molecule has 2 aromatic rings. The monoisotopic (exact) mass is 301 g/mol. The van der Waals surface area contributed by atoms with Gasteiger partial charge in [0.15, 0.2) is 0 Å². The zero-order valence-corrected chi connectivity index (χ0v) is 13.2. The molecule has 0 fully saturated rings. The Hall–Kier alpha value is -1.93. The van der Waals surface area contributed by atoms with E-state index >= 15 is 0 Å². The van der Waals surface area contributed by atoms with Crippen LogP contribution >= 0.6 is 11.3 Å². The number of hydrogen-bond acceptors (Lipinski definition) is 4. The van der Waals surface area contributed by atoms with Gasteiger partial charge in [0.05, 0.1) is 27.7 Å². The second-order valence-corrected chi connectivity index (χ2v) is 6.28. The molecule has 1 aromatic carbocycles. The van der Waals surface area contributed by atoms with Gasteiger partial charge in [-0.2, -0.15) is 5.26 Å². The Balaban J connectivity index is 1.97. The van der Waals surface area contributed by atoms with Crippen LogP contribution in [0.4, 0.5) is 0 Å². The summed E-state index contributed by atoms with van der Waals surface area (Å²) in [6.45, 7) is 4.47. The van der Waals surface area contributed by atoms with E-state index in [4.69, 9.17) is 5.26 Å². The summed E-state index contributed by atoms with van der Waals surface area (Å²) in [5.74, 6) is 0.0968. The first-order valence-corrected chi connectivity index (χ1v) is 7.94. The van der Waals surface area contributed by atoms with Crippen molar-refractivity contribution in [1.82, 2.24) is 9.88 Å². The van der Waals surface area contributed by atoms with Crippen LogP contribution in [0.3, 0.4) is 0 Å². The van der Waals surface area contributed by atoms with Gasteiger partial charge in [-0.1, -0.05) is 12.1 Å². The molecular weight excluding hydrogens is 282 g/mol. The minimum atomic E-state index is 0.0968. The number of carbonyl (C=O) groups excluding carboxylic acids is 1. The lowest BCUT2D eigenvalue weighted by atomic mass is 10.2. The fourth-order valence-corrected chi connectivity index (χ4v) is 3.19. The Bertz CT molecular complexity index is 624. The van der Waals surface area contributed by atoms with E-state index in [9.17, 15) is 4.79 Å². The first-order valence-electron chi connectivity index (χ1n) is 7.12. The molecule has 0 spiro atoms. The second-order valence-electron chi connectivity index (χ2n) is 5.16. The molecule has 110 valence electrons. The van der Waals surface area contributed by atoms with Gasteiger partial charge in [0.1, 0.15) is 0 Å². The summed E-state index contributed by atoms with van der Waals surface area (Å²) >= 11 is 1.64. The molecular formula is C16H19N3OS. The van der Waals surface area contributed by atoms with E-state index in [1.54, 1.807) is 16.2 Å². The normalized spacial score (nSPS) is 10.8. The van der Waals surface area contributed by atoms with Gasteiger partial charge < -0.3 is 4.90 Å². The molecule has 0 aliphatic heterocycles. The van der Waals surface area contributed by atoms with Crippen molar-refractivity contribution in [3.05, 3.63) is 29.3 Å². The molecule has 4 nitrogen and oxygen atoms in total. The van der Waals surface area contributed by atoms with Gasteiger partial charge in [-0.25, -0.2) is 4.98 Å². The van der Waals surface area contributed by atoms with Gasteiger partial charge >= 0.3 is 0 Å². The van der Waals surface area contributed by atoms with Crippen LogP contribution in [0.25, 0.3) is 10.2 Å². The smallest absolute Gasteiger partial charge is 0.223 e. The van der Waals surface area contributed by atoms with Crippen molar-refractivity contribution in [3.63, 3.8) is 0 Å². The first-order chi connectivity index (χ1) is 10.1. The first kappa shape index (κ1) is 15.5. The highest BCUT2D eigenvalue weighted by Gasteiger charge is 2.17. The number of nitrogens with zero attached hydrogens (tertiary/aromatic N) is 3. The predicted octanol–water partition coefficient (Wildman–Crippen LogP) is 3.38. The Morgan fingerprint density at radius 1 is 1.43 bits per heavy atom. The van der Waals surface area contributed by atoms with Gasteiger partial charge in [0.25, 0.3) is 0 Å². The number of benzene rings is 1. The van der Waals surface area contributed by atoms with Crippen molar-refractivity contribution < 1.29 is 4.79 Å². The standard InChI is InChI=1S/C16H19N3OS/c1-12(2)19(11-5-10-17)16(20)9-8-15-18-13-6-3-4-7-14(13)21-15/h3-4,6-7,12H,5,8-9,11H2,1-2H3. The molecule has 1 heterocycles. The average molecular weight is 301 g/mol. The molecule has 2 rings (SSSR count). The molecule has 0 aliphatic carbocycles. The molecule has 0 unspecified atom stereocenters. The Kier molecular flexibility index (Phi) is 5.29. The van der Waals surface area contributed by atoms with Crippen LogP contribution in [0.5, 0.6) is 0 Å². The van der Waals surface area contributed by atoms with Crippen LogP contribution in [0.15, 0.2) is 24.3 Å². The Morgan fingerprint density at radius 2 is 2.19 bits per heavy atom. The van der Waals surface area contributed by atoms with E-state index < -0.39 is 0 Å². The molecule has 1 amide bonds. The van der Waals surface area contributed by atoms with Crippen molar-refractivity contribution in [1.29, 1.82) is 5.26 Å². The van der Waals surface area contributed by atoms with Gasteiger partial charge in [-0.15, -0.1) is 11.3 Å². The van der Waals surface area contributed by atoms with E-state index in [0.717, 1.165) is 15.2 Å². The predicted molar refractivity (Wildman–Crippen MR) is 85.0 cm³/mol. The van der Waals surface area contributed by atoms with E-state index in [1.807, 2.05) is 38.1 Å². The van der Waals surface area contributed by atoms with Crippen LogP contribution in [0.1, 0.15) is 31.7 Å². The fraction of sp³-hybridized carbons (Fsp3) is 0.438. The van der Waals surface area contributed by atoms with Gasteiger partial charge in [-0.3, -0.25) is 4.79 Å². The maximum Gasteiger partial charge on any atom is 0.223 e. The number of hydrogen-bond donors (Lipinski definition) is 0. The lowest BCUT2D eigenvalue weighted by molar-refractivity contribution is -0.132. The van der Waals surface area contributed by atoms with Crippen LogP contribution in [0.2, 0.25) is 0 Å².